The molecule has 1 heterocycles. The molecule has 0 amide bonds. The summed E-state index contributed by atoms with van der Waals surface area (Å²) in [4.78, 5) is 7.73. The summed E-state index contributed by atoms with van der Waals surface area (Å²) in [5.74, 6) is -2.91. The van der Waals surface area contributed by atoms with Crippen molar-refractivity contribution in [2.45, 2.75) is 6.54 Å². The third-order valence-electron chi connectivity index (χ3n) is 2.07. The highest BCUT2D eigenvalue weighted by Gasteiger charge is 2.10. The first-order chi connectivity index (χ1) is 8.16. The lowest BCUT2D eigenvalue weighted by Crippen LogP contribution is -2.06. The zero-order valence-corrected chi connectivity index (χ0v) is 8.62. The van der Waals surface area contributed by atoms with Crippen LogP contribution in [0, 0.1) is 17.5 Å². The lowest BCUT2D eigenvalue weighted by Gasteiger charge is -2.08. The Hall–Kier alpha value is -2.11. The summed E-state index contributed by atoms with van der Waals surface area (Å²) >= 11 is 0. The van der Waals surface area contributed by atoms with Gasteiger partial charge in [-0.2, -0.15) is 0 Å². The van der Waals surface area contributed by atoms with E-state index in [1.54, 1.807) is 0 Å². The molecule has 0 saturated carbocycles. The molecule has 3 nitrogen and oxygen atoms in total. The van der Waals surface area contributed by atoms with Crippen molar-refractivity contribution in [3.8, 4) is 0 Å². The smallest absolute Gasteiger partial charge is 0.152 e. The Kier molecular flexibility index (Phi) is 3.22. The fraction of sp³-hybridized carbons (Fsp3) is 0.0909. The lowest BCUT2D eigenvalue weighted by atomic mass is 10.2. The maximum atomic E-state index is 13.2. The SMILES string of the molecule is Fc1cc(F)c(NCc2cnccn2)c(F)c1. The van der Waals surface area contributed by atoms with Gasteiger partial charge in [0.15, 0.2) is 11.6 Å². The molecule has 88 valence electrons. The largest absolute Gasteiger partial charge is 0.375 e. The molecule has 1 aromatic carbocycles. The second kappa shape index (κ2) is 4.82. The first kappa shape index (κ1) is 11.4. The third kappa shape index (κ3) is 2.72. The van der Waals surface area contributed by atoms with E-state index < -0.39 is 17.5 Å². The van der Waals surface area contributed by atoms with Crippen LogP contribution in [0.2, 0.25) is 0 Å². The van der Waals surface area contributed by atoms with Gasteiger partial charge in [0, 0.05) is 24.5 Å². The zero-order valence-electron chi connectivity index (χ0n) is 8.62. The van der Waals surface area contributed by atoms with E-state index in [0.29, 0.717) is 17.8 Å². The minimum Gasteiger partial charge on any atom is -0.375 e. The molecule has 0 aliphatic heterocycles. The second-order valence-corrected chi connectivity index (χ2v) is 3.29. The number of nitrogens with one attached hydrogen (secondary N) is 1. The van der Waals surface area contributed by atoms with Crippen LogP contribution >= 0.6 is 0 Å². The van der Waals surface area contributed by atoms with Gasteiger partial charge in [0.1, 0.15) is 11.5 Å². The normalized spacial score (nSPS) is 10.3. The standard InChI is InChI=1S/C11H8F3N3/c12-7-3-9(13)11(10(14)4-7)17-6-8-5-15-1-2-16-8/h1-5,17H,6H2. The molecule has 0 fully saturated rings. The van der Waals surface area contributed by atoms with Crippen LogP contribution in [-0.2, 0) is 6.54 Å². The van der Waals surface area contributed by atoms with E-state index in [1.807, 2.05) is 0 Å². The summed E-state index contributed by atoms with van der Waals surface area (Å²) in [5.41, 5.74) is 0.146. The van der Waals surface area contributed by atoms with E-state index in [-0.39, 0.29) is 12.2 Å². The summed E-state index contributed by atoms with van der Waals surface area (Å²) in [6.07, 6.45) is 4.42. The van der Waals surface area contributed by atoms with E-state index in [1.165, 1.54) is 18.6 Å². The molecular weight excluding hydrogens is 231 g/mol. The van der Waals surface area contributed by atoms with E-state index in [2.05, 4.69) is 15.3 Å². The molecule has 17 heavy (non-hydrogen) atoms. The highest BCUT2D eigenvalue weighted by molar-refractivity contribution is 5.46. The number of rotatable bonds is 3. The Morgan fingerprint density at radius 3 is 2.35 bits per heavy atom. The summed E-state index contributed by atoms with van der Waals surface area (Å²) in [6.45, 7) is 0.104. The van der Waals surface area contributed by atoms with Crippen LogP contribution < -0.4 is 5.32 Å². The van der Waals surface area contributed by atoms with Crippen LogP contribution in [0.3, 0.4) is 0 Å². The zero-order chi connectivity index (χ0) is 12.3. The molecule has 0 aliphatic carbocycles. The first-order valence-corrected chi connectivity index (χ1v) is 4.80. The summed E-state index contributed by atoms with van der Waals surface area (Å²) in [6, 6.07) is 1.23. The number of hydrogen-bond acceptors (Lipinski definition) is 3. The van der Waals surface area contributed by atoms with Crippen LogP contribution in [-0.4, -0.2) is 9.97 Å². The van der Waals surface area contributed by atoms with E-state index in [4.69, 9.17) is 0 Å². The molecule has 0 unspecified atom stereocenters. The molecule has 1 N–H and O–H groups in total. The average molecular weight is 239 g/mol. The fourth-order valence-corrected chi connectivity index (χ4v) is 1.31. The fourth-order valence-electron chi connectivity index (χ4n) is 1.31. The van der Waals surface area contributed by atoms with Gasteiger partial charge in [0.05, 0.1) is 18.4 Å². The maximum Gasteiger partial charge on any atom is 0.152 e. The van der Waals surface area contributed by atoms with Gasteiger partial charge in [0.2, 0.25) is 0 Å². The number of benzene rings is 1. The Morgan fingerprint density at radius 1 is 1.06 bits per heavy atom. The van der Waals surface area contributed by atoms with Gasteiger partial charge in [-0.25, -0.2) is 13.2 Å². The van der Waals surface area contributed by atoms with Crippen molar-refractivity contribution < 1.29 is 13.2 Å². The van der Waals surface area contributed by atoms with Gasteiger partial charge in [-0.1, -0.05) is 0 Å². The van der Waals surface area contributed by atoms with Crippen molar-refractivity contribution in [1.29, 1.82) is 0 Å². The van der Waals surface area contributed by atoms with Gasteiger partial charge in [-0.3, -0.25) is 9.97 Å². The number of hydrogen-bond donors (Lipinski definition) is 1. The number of nitrogens with zero attached hydrogens (tertiary/aromatic N) is 2. The topological polar surface area (TPSA) is 37.8 Å². The highest BCUT2D eigenvalue weighted by atomic mass is 19.1. The minimum atomic E-state index is -0.980. The predicted molar refractivity (Wildman–Crippen MR) is 55.7 cm³/mol. The molecule has 0 atom stereocenters. The molecule has 1 aromatic heterocycles. The second-order valence-electron chi connectivity index (χ2n) is 3.29. The van der Waals surface area contributed by atoms with Crippen molar-refractivity contribution in [2.75, 3.05) is 5.32 Å². The van der Waals surface area contributed by atoms with Gasteiger partial charge >= 0.3 is 0 Å². The molecule has 2 aromatic rings. The van der Waals surface area contributed by atoms with Crippen LogP contribution in [0.4, 0.5) is 18.9 Å². The average Bonchev–Trinajstić information content (AvgIpc) is 2.29. The maximum absolute atomic E-state index is 13.2. The molecular formula is C11H8F3N3. The number of anilines is 1. The van der Waals surface area contributed by atoms with Gasteiger partial charge in [0.25, 0.3) is 0 Å². The number of halogens is 3. The van der Waals surface area contributed by atoms with E-state index in [0.717, 1.165) is 0 Å². The Bertz CT molecular complexity index is 494. The lowest BCUT2D eigenvalue weighted by molar-refractivity contribution is 0.547. The van der Waals surface area contributed by atoms with Gasteiger partial charge in [-0.05, 0) is 0 Å². The Morgan fingerprint density at radius 2 is 1.76 bits per heavy atom. The monoisotopic (exact) mass is 239 g/mol. The molecule has 6 heteroatoms. The molecule has 0 radical (unpaired) electrons. The van der Waals surface area contributed by atoms with Crippen LogP contribution in [0.25, 0.3) is 0 Å². The predicted octanol–water partition coefficient (Wildman–Crippen LogP) is 2.51. The Balaban J connectivity index is 2.15. The molecule has 2 rings (SSSR count). The molecule has 0 aliphatic rings. The minimum absolute atomic E-state index is 0.104. The quantitative estimate of drug-likeness (QED) is 0.894. The van der Waals surface area contributed by atoms with Gasteiger partial charge in [-0.15, -0.1) is 0 Å². The van der Waals surface area contributed by atoms with Crippen molar-refractivity contribution in [3.63, 3.8) is 0 Å². The summed E-state index contributed by atoms with van der Waals surface area (Å²) in [7, 11) is 0. The summed E-state index contributed by atoms with van der Waals surface area (Å²) < 4.78 is 39.1. The van der Waals surface area contributed by atoms with Gasteiger partial charge < -0.3 is 5.32 Å². The first-order valence-electron chi connectivity index (χ1n) is 4.80. The van der Waals surface area contributed by atoms with Crippen LogP contribution in [0.15, 0.2) is 30.7 Å². The summed E-state index contributed by atoms with van der Waals surface area (Å²) in [5, 5.41) is 2.51. The van der Waals surface area contributed by atoms with E-state index >= 15 is 0 Å². The van der Waals surface area contributed by atoms with Crippen molar-refractivity contribution in [2.24, 2.45) is 0 Å². The van der Waals surface area contributed by atoms with Crippen molar-refractivity contribution >= 4 is 5.69 Å². The van der Waals surface area contributed by atoms with Crippen molar-refractivity contribution in [3.05, 3.63) is 53.9 Å². The highest BCUT2D eigenvalue weighted by Crippen LogP contribution is 2.20. The third-order valence-corrected chi connectivity index (χ3v) is 2.07. The van der Waals surface area contributed by atoms with Crippen molar-refractivity contribution in [1.82, 2.24) is 9.97 Å². The van der Waals surface area contributed by atoms with Crippen LogP contribution in [0.5, 0.6) is 0 Å². The number of aromatic nitrogens is 2. The molecule has 0 spiro atoms. The molecule has 0 saturated heterocycles. The van der Waals surface area contributed by atoms with E-state index in [9.17, 15) is 13.2 Å². The Labute approximate surface area is 95.3 Å². The molecule has 0 bridgehead atoms. The van der Waals surface area contributed by atoms with Crippen LogP contribution in [0.1, 0.15) is 5.69 Å².